The van der Waals surface area contributed by atoms with E-state index in [1.807, 2.05) is 0 Å². The van der Waals surface area contributed by atoms with Gasteiger partial charge in [-0.1, -0.05) is 37.4 Å². The summed E-state index contributed by atoms with van der Waals surface area (Å²) in [4.78, 5) is 2.52. The van der Waals surface area contributed by atoms with Gasteiger partial charge in [-0.05, 0) is 51.0 Å². The van der Waals surface area contributed by atoms with Gasteiger partial charge in [-0.2, -0.15) is 5.26 Å². The third kappa shape index (κ3) is 4.11. The predicted octanol–water partition coefficient (Wildman–Crippen LogP) is 5.13. The zero-order valence-electron chi connectivity index (χ0n) is 14.7. The molecule has 0 aromatic carbocycles. The zero-order valence-corrected chi connectivity index (χ0v) is 15.7. The van der Waals surface area contributed by atoms with E-state index in [2.05, 4.69) is 43.8 Å². The van der Waals surface area contributed by atoms with E-state index in [4.69, 9.17) is 0 Å². The van der Waals surface area contributed by atoms with Crippen molar-refractivity contribution in [2.45, 2.75) is 82.2 Å². The number of nitrogens with zero attached hydrogens (tertiary/aromatic N) is 2. The molecule has 0 aliphatic carbocycles. The molecular formula is C19H32N2Si. The molecule has 0 aromatic rings. The second-order valence-corrected chi connectivity index (χ2v) is 14.0. The first-order valence-electron chi connectivity index (χ1n) is 8.77. The number of hydrogen-bond donors (Lipinski definition) is 0. The maximum absolute atomic E-state index is 9.96. The van der Waals surface area contributed by atoms with Gasteiger partial charge in [0, 0.05) is 20.7 Å². The highest BCUT2D eigenvalue weighted by Gasteiger charge is 2.44. The molecule has 2 saturated heterocycles. The Morgan fingerprint density at radius 1 is 1.45 bits per heavy atom. The predicted molar refractivity (Wildman–Crippen MR) is 97.6 cm³/mol. The van der Waals surface area contributed by atoms with Gasteiger partial charge in [0.1, 0.15) is 5.54 Å². The Balaban J connectivity index is 2.03. The molecule has 2 heterocycles. The van der Waals surface area contributed by atoms with Crippen molar-refractivity contribution < 1.29 is 0 Å². The summed E-state index contributed by atoms with van der Waals surface area (Å²) in [6.07, 6.45) is 7.60. The van der Waals surface area contributed by atoms with Crippen LogP contribution in [-0.4, -0.2) is 31.1 Å². The summed E-state index contributed by atoms with van der Waals surface area (Å²) in [5.41, 5.74) is 2.49. The fourth-order valence-corrected chi connectivity index (χ4v) is 5.95. The average Bonchev–Trinajstić information content (AvgIpc) is 2.42. The minimum Gasteiger partial charge on any atom is -0.282 e. The van der Waals surface area contributed by atoms with Crippen LogP contribution in [0.4, 0.5) is 0 Å². The molecule has 2 aliphatic heterocycles. The van der Waals surface area contributed by atoms with Crippen LogP contribution in [0, 0.1) is 11.3 Å². The molecule has 0 saturated carbocycles. The maximum Gasteiger partial charge on any atom is 0.109 e. The van der Waals surface area contributed by atoms with Crippen LogP contribution in [0.3, 0.4) is 0 Å². The van der Waals surface area contributed by atoms with E-state index >= 15 is 0 Å². The summed E-state index contributed by atoms with van der Waals surface area (Å²) in [5.74, 6) is 0. The van der Waals surface area contributed by atoms with E-state index < -0.39 is 8.07 Å². The molecule has 2 nitrogen and oxygen atoms in total. The van der Waals surface area contributed by atoms with Crippen molar-refractivity contribution >= 4 is 8.07 Å². The second kappa shape index (κ2) is 6.72. The van der Waals surface area contributed by atoms with Crippen LogP contribution in [0.1, 0.15) is 44.9 Å². The zero-order chi connectivity index (χ0) is 16.4. The number of hydrogen-bond acceptors (Lipinski definition) is 2. The highest BCUT2D eigenvalue weighted by Crippen LogP contribution is 2.41. The molecule has 0 amide bonds. The summed E-state index contributed by atoms with van der Waals surface area (Å²) in [6, 6.07) is 4.46. The first-order valence-corrected chi connectivity index (χ1v) is 12.5. The SMILES string of the molecule is C=C1CCN2[C@@H](CCCC2(C#N)CCC(=C)C[Si](C)(C)C)C1. The van der Waals surface area contributed by atoms with Crippen LogP contribution in [-0.2, 0) is 0 Å². The van der Waals surface area contributed by atoms with Gasteiger partial charge in [0.05, 0.1) is 6.07 Å². The van der Waals surface area contributed by atoms with E-state index in [1.165, 1.54) is 30.0 Å². The van der Waals surface area contributed by atoms with Crippen LogP contribution in [0.5, 0.6) is 0 Å². The summed E-state index contributed by atoms with van der Waals surface area (Å²) >= 11 is 0. The van der Waals surface area contributed by atoms with Gasteiger partial charge in [-0.3, -0.25) is 4.90 Å². The first-order chi connectivity index (χ1) is 10.3. The van der Waals surface area contributed by atoms with Gasteiger partial charge in [0.25, 0.3) is 0 Å². The number of nitriles is 1. The van der Waals surface area contributed by atoms with Crippen molar-refractivity contribution in [3.8, 4) is 6.07 Å². The van der Waals surface area contributed by atoms with E-state index in [9.17, 15) is 5.26 Å². The molecule has 2 fully saturated rings. The van der Waals surface area contributed by atoms with Crippen molar-refractivity contribution in [1.29, 1.82) is 5.26 Å². The van der Waals surface area contributed by atoms with Gasteiger partial charge >= 0.3 is 0 Å². The minimum atomic E-state index is -1.09. The monoisotopic (exact) mass is 316 g/mol. The van der Waals surface area contributed by atoms with Crippen LogP contribution < -0.4 is 0 Å². The Kier molecular flexibility index (Phi) is 5.35. The van der Waals surface area contributed by atoms with Gasteiger partial charge in [0.15, 0.2) is 0 Å². The molecule has 2 atom stereocenters. The fourth-order valence-electron chi connectivity index (χ4n) is 4.27. The van der Waals surface area contributed by atoms with Gasteiger partial charge < -0.3 is 0 Å². The number of piperidine rings is 2. The largest absolute Gasteiger partial charge is 0.282 e. The van der Waals surface area contributed by atoms with Crippen LogP contribution in [0.2, 0.25) is 25.7 Å². The van der Waals surface area contributed by atoms with E-state index in [0.717, 1.165) is 38.6 Å². The molecular weight excluding hydrogens is 284 g/mol. The van der Waals surface area contributed by atoms with Crippen molar-refractivity contribution in [3.05, 3.63) is 24.3 Å². The Morgan fingerprint density at radius 2 is 2.18 bits per heavy atom. The first kappa shape index (κ1) is 17.5. The molecule has 122 valence electrons. The average molecular weight is 317 g/mol. The molecule has 1 unspecified atom stereocenters. The van der Waals surface area contributed by atoms with Crippen LogP contribution >= 0.6 is 0 Å². The van der Waals surface area contributed by atoms with E-state index in [1.54, 1.807) is 0 Å². The number of allylic oxidation sites excluding steroid dienone is 1. The maximum atomic E-state index is 9.96. The smallest absolute Gasteiger partial charge is 0.109 e. The molecule has 0 bridgehead atoms. The molecule has 0 spiro atoms. The molecule has 0 N–H and O–H groups in total. The lowest BCUT2D eigenvalue weighted by atomic mass is 9.77. The normalized spacial score (nSPS) is 29.7. The van der Waals surface area contributed by atoms with Gasteiger partial charge in [-0.15, -0.1) is 6.58 Å². The second-order valence-electron chi connectivity index (χ2n) is 8.57. The van der Waals surface area contributed by atoms with Crippen molar-refractivity contribution in [1.82, 2.24) is 4.90 Å². The third-order valence-corrected chi connectivity index (χ3v) is 6.79. The van der Waals surface area contributed by atoms with Crippen LogP contribution in [0.15, 0.2) is 24.3 Å². The Hall–Kier alpha value is -0.853. The van der Waals surface area contributed by atoms with Crippen molar-refractivity contribution in [2.75, 3.05) is 6.54 Å². The van der Waals surface area contributed by atoms with E-state index in [-0.39, 0.29) is 5.54 Å². The molecule has 2 aliphatic rings. The lowest BCUT2D eigenvalue weighted by Crippen LogP contribution is -2.57. The molecule has 0 radical (unpaired) electrons. The molecule has 2 rings (SSSR count). The quantitative estimate of drug-likeness (QED) is 0.519. The van der Waals surface area contributed by atoms with Gasteiger partial charge in [0.2, 0.25) is 0 Å². The van der Waals surface area contributed by atoms with Crippen molar-refractivity contribution in [3.63, 3.8) is 0 Å². The third-order valence-electron chi connectivity index (χ3n) is 5.23. The summed E-state index contributed by atoms with van der Waals surface area (Å²) in [7, 11) is -1.09. The number of rotatable bonds is 5. The highest BCUT2D eigenvalue weighted by molar-refractivity contribution is 6.76. The summed E-state index contributed by atoms with van der Waals surface area (Å²) in [6.45, 7) is 16.7. The Bertz CT molecular complexity index is 483. The minimum absolute atomic E-state index is 0.244. The Morgan fingerprint density at radius 3 is 2.82 bits per heavy atom. The molecule has 3 heteroatoms. The highest BCUT2D eigenvalue weighted by atomic mass is 28.3. The topological polar surface area (TPSA) is 27.0 Å². The van der Waals surface area contributed by atoms with Crippen LogP contribution in [0.25, 0.3) is 0 Å². The standard InChI is InChI=1S/C19H32N2Si/c1-16-9-12-21-18(13-16)7-6-10-19(21,15-20)11-8-17(2)14-22(3,4)5/h18H,1-2,6-14H2,3-5H3/t18-,19?/m0/s1. The lowest BCUT2D eigenvalue weighted by molar-refractivity contribution is 0.0196. The summed E-state index contributed by atoms with van der Waals surface area (Å²) < 4.78 is 0. The van der Waals surface area contributed by atoms with Crippen molar-refractivity contribution in [2.24, 2.45) is 0 Å². The number of fused-ring (bicyclic) bond motifs is 1. The Labute approximate surface area is 137 Å². The summed E-state index contributed by atoms with van der Waals surface area (Å²) in [5, 5.41) is 9.96. The molecule has 22 heavy (non-hydrogen) atoms. The van der Waals surface area contributed by atoms with Gasteiger partial charge in [-0.25, -0.2) is 0 Å². The van der Waals surface area contributed by atoms with E-state index in [0.29, 0.717) is 6.04 Å². The molecule has 0 aromatic heterocycles. The fraction of sp³-hybridized carbons (Fsp3) is 0.737. The lowest BCUT2D eigenvalue weighted by Gasteiger charge is -2.50.